The molecule has 0 spiro atoms. The quantitative estimate of drug-likeness (QED) is 0.884. The van der Waals surface area contributed by atoms with Gasteiger partial charge in [-0.05, 0) is 36.2 Å². The molecule has 2 rings (SSSR count). The van der Waals surface area contributed by atoms with Crippen LogP contribution in [-0.4, -0.2) is 28.6 Å². The van der Waals surface area contributed by atoms with Crippen LogP contribution in [0.15, 0.2) is 18.2 Å². The van der Waals surface area contributed by atoms with Crippen LogP contribution < -0.4 is 0 Å². The molecule has 1 unspecified atom stereocenters. The smallest absolute Gasteiger partial charge is 0.321 e. The minimum absolute atomic E-state index is 0. The van der Waals surface area contributed by atoms with Crippen molar-refractivity contribution in [3.05, 3.63) is 35.1 Å². The molecule has 1 aromatic carbocycles. The Morgan fingerprint density at radius 1 is 1.53 bits per heavy atom. The van der Waals surface area contributed by atoms with Crippen molar-refractivity contribution in [2.45, 2.75) is 25.9 Å². The SMILES string of the molecule is CCN1Cc2cc(F)ccc2CC1C(=O)O.Cl. The van der Waals surface area contributed by atoms with E-state index >= 15 is 0 Å². The van der Waals surface area contributed by atoms with Gasteiger partial charge in [0.15, 0.2) is 0 Å². The number of hydrogen-bond acceptors (Lipinski definition) is 2. The molecule has 3 nitrogen and oxygen atoms in total. The lowest BCUT2D eigenvalue weighted by molar-refractivity contribution is -0.143. The largest absolute Gasteiger partial charge is 0.480 e. The van der Waals surface area contributed by atoms with Gasteiger partial charge < -0.3 is 5.11 Å². The molecular weight excluding hydrogens is 245 g/mol. The third-order valence-electron chi connectivity index (χ3n) is 3.09. The molecule has 0 saturated carbocycles. The molecule has 5 heteroatoms. The maximum Gasteiger partial charge on any atom is 0.321 e. The van der Waals surface area contributed by atoms with Crippen molar-refractivity contribution in [1.82, 2.24) is 4.90 Å². The molecule has 0 amide bonds. The fraction of sp³-hybridized carbons (Fsp3) is 0.417. The molecular formula is C12H15ClFNO2. The van der Waals surface area contributed by atoms with Crippen LogP contribution in [0.2, 0.25) is 0 Å². The number of rotatable bonds is 2. The van der Waals surface area contributed by atoms with Gasteiger partial charge in [0.05, 0.1) is 0 Å². The fourth-order valence-electron chi connectivity index (χ4n) is 2.18. The van der Waals surface area contributed by atoms with Crippen LogP contribution in [0.3, 0.4) is 0 Å². The number of halogens is 2. The molecule has 1 aromatic rings. The number of carboxylic acid groups (broad SMARTS) is 1. The van der Waals surface area contributed by atoms with E-state index in [9.17, 15) is 9.18 Å². The maximum absolute atomic E-state index is 13.0. The van der Waals surface area contributed by atoms with Gasteiger partial charge in [-0.25, -0.2) is 4.39 Å². The third-order valence-corrected chi connectivity index (χ3v) is 3.09. The van der Waals surface area contributed by atoms with Crippen molar-refractivity contribution >= 4 is 18.4 Å². The van der Waals surface area contributed by atoms with E-state index < -0.39 is 12.0 Å². The molecule has 1 aliphatic rings. The second-order valence-corrected chi connectivity index (χ2v) is 4.03. The Hall–Kier alpha value is -1.13. The number of benzene rings is 1. The van der Waals surface area contributed by atoms with Crippen molar-refractivity contribution in [2.75, 3.05) is 6.54 Å². The zero-order valence-electron chi connectivity index (χ0n) is 9.52. The van der Waals surface area contributed by atoms with Crippen LogP contribution in [0, 0.1) is 5.82 Å². The average molecular weight is 260 g/mol. The predicted molar refractivity (Wildman–Crippen MR) is 64.9 cm³/mol. The summed E-state index contributed by atoms with van der Waals surface area (Å²) < 4.78 is 13.0. The Labute approximate surface area is 106 Å². The van der Waals surface area contributed by atoms with E-state index in [-0.39, 0.29) is 18.2 Å². The number of hydrogen-bond donors (Lipinski definition) is 1. The van der Waals surface area contributed by atoms with E-state index in [0.29, 0.717) is 19.5 Å². The van der Waals surface area contributed by atoms with Gasteiger partial charge in [-0.2, -0.15) is 0 Å². The van der Waals surface area contributed by atoms with Gasteiger partial charge in [-0.1, -0.05) is 13.0 Å². The molecule has 1 heterocycles. The molecule has 0 aromatic heterocycles. The number of carbonyl (C=O) groups is 1. The van der Waals surface area contributed by atoms with Gasteiger partial charge in [-0.3, -0.25) is 9.69 Å². The summed E-state index contributed by atoms with van der Waals surface area (Å²) in [5.41, 5.74) is 1.85. The third kappa shape index (κ3) is 2.76. The molecule has 1 atom stereocenters. The highest BCUT2D eigenvalue weighted by molar-refractivity contribution is 5.85. The first-order valence-electron chi connectivity index (χ1n) is 5.36. The molecule has 94 valence electrons. The van der Waals surface area contributed by atoms with Crippen LogP contribution in [0.4, 0.5) is 4.39 Å². The molecule has 0 aliphatic carbocycles. The minimum Gasteiger partial charge on any atom is -0.480 e. The number of fused-ring (bicyclic) bond motifs is 1. The van der Waals surface area contributed by atoms with Gasteiger partial charge in [-0.15, -0.1) is 12.4 Å². The van der Waals surface area contributed by atoms with Gasteiger partial charge in [0, 0.05) is 6.54 Å². The maximum atomic E-state index is 13.0. The highest BCUT2D eigenvalue weighted by Crippen LogP contribution is 2.24. The van der Waals surface area contributed by atoms with E-state index in [0.717, 1.165) is 11.1 Å². The van der Waals surface area contributed by atoms with E-state index in [1.54, 1.807) is 6.07 Å². The normalized spacial score (nSPS) is 19.3. The summed E-state index contributed by atoms with van der Waals surface area (Å²) in [5, 5.41) is 9.10. The van der Waals surface area contributed by atoms with E-state index in [1.807, 2.05) is 11.8 Å². The molecule has 0 fully saturated rings. The lowest BCUT2D eigenvalue weighted by Crippen LogP contribution is -2.45. The summed E-state index contributed by atoms with van der Waals surface area (Å²) in [5.74, 6) is -1.07. The zero-order chi connectivity index (χ0) is 11.7. The Bertz CT molecular complexity index is 425. The molecule has 1 aliphatic heterocycles. The number of likely N-dealkylation sites (N-methyl/N-ethyl adjacent to an activating group) is 1. The number of carboxylic acids is 1. The van der Waals surface area contributed by atoms with Crippen LogP contribution in [0.5, 0.6) is 0 Å². The second kappa shape index (κ2) is 5.47. The first-order chi connectivity index (χ1) is 7.61. The Morgan fingerprint density at radius 2 is 2.24 bits per heavy atom. The summed E-state index contributed by atoms with van der Waals surface area (Å²) in [7, 11) is 0. The minimum atomic E-state index is -0.808. The highest BCUT2D eigenvalue weighted by Gasteiger charge is 2.30. The van der Waals surface area contributed by atoms with Crippen molar-refractivity contribution in [3.8, 4) is 0 Å². The van der Waals surface area contributed by atoms with Gasteiger partial charge in [0.2, 0.25) is 0 Å². The molecule has 0 saturated heterocycles. The summed E-state index contributed by atoms with van der Waals surface area (Å²) in [4.78, 5) is 12.9. The zero-order valence-corrected chi connectivity index (χ0v) is 10.3. The standard InChI is InChI=1S/C12H14FNO2.ClH/c1-2-14-7-9-5-10(13)4-3-8(9)6-11(14)12(15)16;/h3-5,11H,2,6-7H2,1H3,(H,15,16);1H. The Balaban J connectivity index is 0.00000144. The van der Waals surface area contributed by atoms with Gasteiger partial charge in [0.25, 0.3) is 0 Å². The summed E-state index contributed by atoms with van der Waals surface area (Å²) in [6.07, 6.45) is 0.457. The summed E-state index contributed by atoms with van der Waals surface area (Å²) in [6, 6.07) is 4.09. The Kier molecular flexibility index (Phi) is 4.48. The fourth-order valence-corrected chi connectivity index (χ4v) is 2.18. The van der Waals surface area contributed by atoms with E-state index in [2.05, 4.69) is 0 Å². The monoisotopic (exact) mass is 259 g/mol. The number of aliphatic carboxylic acids is 1. The summed E-state index contributed by atoms with van der Waals surface area (Å²) >= 11 is 0. The van der Waals surface area contributed by atoms with Crippen LogP contribution in [-0.2, 0) is 17.8 Å². The lowest BCUT2D eigenvalue weighted by atomic mass is 9.94. The van der Waals surface area contributed by atoms with Gasteiger partial charge >= 0.3 is 5.97 Å². The van der Waals surface area contributed by atoms with Crippen molar-refractivity contribution in [1.29, 1.82) is 0 Å². The number of nitrogens with zero attached hydrogens (tertiary/aromatic N) is 1. The second-order valence-electron chi connectivity index (χ2n) is 4.03. The molecule has 17 heavy (non-hydrogen) atoms. The lowest BCUT2D eigenvalue weighted by Gasteiger charge is -2.33. The molecule has 0 radical (unpaired) electrons. The van der Waals surface area contributed by atoms with Crippen LogP contribution >= 0.6 is 12.4 Å². The first-order valence-corrected chi connectivity index (χ1v) is 5.36. The Morgan fingerprint density at radius 3 is 2.82 bits per heavy atom. The highest BCUT2D eigenvalue weighted by atomic mass is 35.5. The topological polar surface area (TPSA) is 40.5 Å². The predicted octanol–water partition coefficient (Wildman–Crippen LogP) is 2.08. The average Bonchev–Trinajstić information content (AvgIpc) is 2.26. The van der Waals surface area contributed by atoms with E-state index in [1.165, 1.54) is 12.1 Å². The van der Waals surface area contributed by atoms with E-state index in [4.69, 9.17) is 5.11 Å². The molecule has 1 N–H and O–H groups in total. The van der Waals surface area contributed by atoms with Gasteiger partial charge in [0.1, 0.15) is 11.9 Å². The first kappa shape index (κ1) is 13.9. The van der Waals surface area contributed by atoms with Crippen molar-refractivity contribution < 1.29 is 14.3 Å². The van der Waals surface area contributed by atoms with Crippen LogP contribution in [0.1, 0.15) is 18.1 Å². The van der Waals surface area contributed by atoms with Crippen molar-refractivity contribution in [3.63, 3.8) is 0 Å². The van der Waals surface area contributed by atoms with Crippen LogP contribution in [0.25, 0.3) is 0 Å². The molecule has 0 bridgehead atoms. The summed E-state index contributed by atoms with van der Waals surface area (Å²) in [6.45, 7) is 3.09. The van der Waals surface area contributed by atoms with Crippen molar-refractivity contribution in [2.24, 2.45) is 0 Å².